The Balaban J connectivity index is 1.02. The van der Waals surface area contributed by atoms with E-state index in [1.807, 2.05) is 6.92 Å². The second kappa shape index (κ2) is 15.4. The van der Waals surface area contributed by atoms with Crippen molar-refractivity contribution in [1.29, 1.82) is 0 Å². The van der Waals surface area contributed by atoms with E-state index in [9.17, 15) is 28.8 Å². The largest absolute Gasteiger partial charge is 0.394 e. The summed E-state index contributed by atoms with van der Waals surface area (Å²) in [7, 11) is -3.76. The minimum atomic E-state index is -3.76. The highest BCUT2D eigenvalue weighted by atomic mass is 32.2. The summed E-state index contributed by atoms with van der Waals surface area (Å²) in [4.78, 5) is 0.215. The zero-order chi connectivity index (χ0) is 36.9. The number of fused-ring (bicyclic) bond motifs is 5. The molecule has 4 N–H and O–H groups in total. The molecule has 1 aliphatic heterocycles. The number of aliphatic hydroxyl groups is 4. The molecular weight excluding hydrogens is 669 g/mol. The summed E-state index contributed by atoms with van der Waals surface area (Å²) in [6.45, 7) is 13.5. The summed E-state index contributed by atoms with van der Waals surface area (Å²) in [5, 5.41) is 40.6. The summed E-state index contributed by atoms with van der Waals surface area (Å²) in [5.74, 6) is 3.87. The molecule has 4 fully saturated rings. The Kier molecular flexibility index (Phi) is 11.9. The van der Waals surface area contributed by atoms with Gasteiger partial charge < -0.3 is 29.9 Å². The van der Waals surface area contributed by atoms with Crippen molar-refractivity contribution in [3.63, 3.8) is 0 Å². The second-order valence-corrected chi connectivity index (χ2v) is 19.4. The number of rotatable bonds is 12. The monoisotopic (exact) mass is 732 g/mol. The molecule has 15 atom stereocenters. The molecule has 1 aromatic rings. The quantitative estimate of drug-likeness (QED) is 0.147. The molecule has 6 rings (SSSR count). The van der Waals surface area contributed by atoms with Gasteiger partial charge in [0.25, 0.3) is 10.1 Å². The van der Waals surface area contributed by atoms with Crippen LogP contribution in [0.5, 0.6) is 0 Å². The molecule has 1 aromatic carbocycles. The molecule has 0 aromatic heterocycles. The Morgan fingerprint density at radius 2 is 1.63 bits per heavy atom. The molecule has 0 amide bonds. The smallest absolute Gasteiger partial charge is 0.296 e. The molecule has 0 bridgehead atoms. The van der Waals surface area contributed by atoms with Crippen molar-refractivity contribution < 1.29 is 42.5 Å². The van der Waals surface area contributed by atoms with Gasteiger partial charge in [0.1, 0.15) is 24.4 Å². The van der Waals surface area contributed by atoms with Gasteiger partial charge in [-0.1, -0.05) is 76.8 Å². The number of hydrogen-bond acceptors (Lipinski definition) is 9. The lowest BCUT2D eigenvalue weighted by atomic mass is 9.47. The molecule has 10 heteroatoms. The molecule has 0 unspecified atom stereocenters. The SMILES string of the molecule is Cc1ccc(S(=O)(=O)OC[C@@H](C)[C@H](C)CC[C@@H](C)[C@H]2CC[C@H]3[C@@H]4CC=C5C[C@@H](O[C@@H]6O[C@H](CO)[C@@H](O)[C@H](O)[C@H]6O)CC[C@]5(C)[C@H]4CC[C@]23C)cc1. The van der Waals surface area contributed by atoms with E-state index in [0.29, 0.717) is 35.0 Å². The van der Waals surface area contributed by atoms with Gasteiger partial charge in [-0.2, -0.15) is 8.42 Å². The summed E-state index contributed by atoms with van der Waals surface area (Å²) < 4.78 is 42.9. The number of ether oxygens (including phenoxy) is 2. The molecule has 4 aliphatic carbocycles. The van der Waals surface area contributed by atoms with Gasteiger partial charge in [0.2, 0.25) is 0 Å². The number of aliphatic hydroxyl groups excluding tert-OH is 4. The molecular formula is C41H64O9S. The van der Waals surface area contributed by atoms with Crippen molar-refractivity contribution >= 4 is 10.1 Å². The number of aryl methyl sites for hydroxylation is 1. The van der Waals surface area contributed by atoms with E-state index < -0.39 is 47.4 Å². The Bertz CT molecular complexity index is 1480. The molecule has 288 valence electrons. The summed E-state index contributed by atoms with van der Waals surface area (Å²) in [5.41, 5.74) is 2.94. The fraction of sp³-hybridized carbons (Fsp3) is 0.805. The zero-order valence-electron chi connectivity index (χ0n) is 31.6. The normalized spacial score (nSPS) is 41.5. The van der Waals surface area contributed by atoms with E-state index in [1.54, 1.807) is 24.3 Å². The predicted octanol–water partition coefficient (Wildman–Crippen LogP) is 6.15. The fourth-order valence-corrected chi connectivity index (χ4v) is 12.2. The lowest BCUT2D eigenvalue weighted by Crippen LogP contribution is -2.60. The molecule has 0 spiro atoms. The maximum absolute atomic E-state index is 12.7. The Morgan fingerprint density at radius 1 is 0.902 bits per heavy atom. The number of hydrogen-bond donors (Lipinski definition) is 4. The van der Waals surface area contributed by atoms with Crippen LogP contribution in [0, 0.1) is 59.2 Å². The third-order valence-electron chi connectivity index (χ3n) is 14.8. The van der Waals surface area contributed by atoms with Crippen LogP contribution in [0.3, 0.4) is 0 Å². The van der Waals surface area contributed by atoms with Gasteiger partial charge in [-0.15, -0.1) is 0 Å². The minimum Gasteiger partial charge on any atom is -0.394 e. The summed E-state index contributed by atoms with van der Waals surface area (Å²) in [6.07, 6.45) is 7.14. The summed E-state index contributed by atoms with van der Waals surface area (Å²) >= 11 is 0. The molecule has 0 radical (unpaired) electrons. The molecule has 1 saturated heterocycles. The van der Waals surface area contributed by atoms with Crippen molar-refractivity contribution in [2.45, 2.75) is 147 Å². The Morgan fingerprint density at radius 3 is 2.33 bits per heavy atom. The number of benzene rings is 1. The Labute approximate surface area is 306 Å². The zero-order valence-corrected chi connectivity index (χ0v) is 32.4. The number of allylic oxidation sites excluding steroid dienone is 1. The van der Waals surface area contributed by atoms with Crippen LogP contribution in [-0.2, 0) is 23.8 Å². The second-order valence-electron chi connectivity index (χ2n) is 17.7. The third-order valence-corrected chi connectivity index (χ3v) is 16.1. The molecule has 1 heterocycles. The van der Waals surface area contributed by atoms with E-state index >= 15 is 0 Å². The van der Waals surface area contributed by atoms with Crippen molar-refractivity contribution in [3.8, 4) is 0 Å². The summed E-state index contributed by atoms with van der Waals surface area (Å²) in [6, 6.07) is 6.82. The van der Waals surface area contributed by atoms with E-state index in [2.05, 4.69) is 40.7 Å². The molecule has 9 nitrogen and oxygen atoms in total. The third kappa shape index (κ3) is 7.64. The Hall–Kier alpha value is -1.37. The van der Waals surface area contributed by atoms with Crippen LogP contribution < -0.4 is 0 Å². The van der Waals surface area contributed by atoms with Crippen molar-refractivity contribution in [3.05, 3.63) is 41.5 Å². The van der Waals surface area contributed by atoms with E-state index in [1.165, 1.54) is 31.3 Å². The maximum Gasteiger partial charge on any atom is 0.296 e. The van der Waals surface area contributed by atoms with Crippen LogP contribution >= 0.6 is 0 Å². The standard InChI is InChI=1S/C41H64O9S/c1-24-7-12-30(13-8-24)51(46,47)48-23-27(4)25(2)9-10-26(3)32-15-16-33-31-14-11-28-21-29(17-19-40(28,5)34(31)18-20-41(32,33)6)49-39-38(45)37(44)36(43)35(22-42)50-39/h7-8,11-13,25-27,29,31-39,42-45H,9-10,14-23H2,1-6H3/t25-,26-,27-,29+,31+,32-,33+,34+,35-,36-,37+,38-,39-,40+,41-/m1/s1. The van der Waals surface area contributed by atoms with Gasteiger partial charge >= 0.3 is 0 Å². The van der Waals surface area contributed by atoms with Gasteiger partial charge in [-0.3, -0.25) is 4.18 Å². The highest BCUT2D eigenvalue weighted by Crippen LogP contribution is 2.67. The van der Waals surface area contributed by atoms with Crippen LogP contribution in [0.1, 0.15) is 104 Å². The molecule has 5 aliphatic rings. The van der Waals surface area contributed by atoms with Crippen LogP contribution in [-0.4, -0.2) is 78.9 Å². The fourth-order valence-electron chi connectivity index (χ4n) is 11.2. The van der Waals surface area contributed by atoms with Gasteiger partial charge in [0.15, 0.2) is 6.29 Å². The first-order valence-corrected chi connectivity index (χ1v) is 21.1. The lowest BCUT2D eigenvalue weighted by Gasteiger charge is -2.58. The van der Waals surface area contributed by atoms with E-state index in [0.717, 1.165) is 50.0 Å². The first-order valence-electron chi connectivity index (χ1n) is 19.7. The van der Waals surface area contributed by atoms with Crippen LogP contribution in [0.15, 0.2) is 40.8 Å². The van der Waals surface area contributed by atoms with Crippen molar-refractivity contribution in [2.75, 3.05) is 13.2 Å². The van der Waals surface area contributed by atoms with Gasteiger partial charge in [-0.05, 0) is 123 Å². The van der Waals surface area contributed by atoms with Gasteiger partial charge in [0.05, 0.1) is 24.2 Å². The first kappa shape index (κ1) is 39.3. The van der Waals surface area contributed by atoms with Gasteiger partial charge in [-0.25, -0.2) is 0 Å². The predicted molar refractivity (Wildman–Crippen MR) is 195 cm³/mol. The maximum atomic E-state index is 12.7. The average molecular weight is 733 g/mol. The highest BCUT2D eigenvalue weighted by Gasteiger charge is 2.59. The van der Waals surface area contributed by atoms with Crippen molar-refractivity contribution in [1.82, 2.24) is 0 Å². The minimum absolute atomic E-state index is 0.129. The average Bonchev–Trinajstić information content (AvgIpc) is 3.47. The van der Waals surface area contributed by atoms with Crippen LogP contribution in [0.2, 0.25) is 0 Å². The molecule has 51 heavy (non-hydrogen) atoms. The lowest BCUT2D eigenvalue weighted by molar-refractivity contribution is -0.313. The topological polar surface area (TPSA) is 143 Å². The van der Waals surface area contributed by atoms with Gasteiger partial charge in [0, 0.05) is 0 Å². The van der Waals surface area contributed by atoms with E-state index in [-0.39, 0.29) is 28.9 Å². The highest BCUT2D eigenvalue weighted by molar-refractivity contribution is 7.86. The molecule has 3 saturated carbocycles. The first-order chi connectivity index (χ1) is 24.1. The van der Waals surface area contributed by atoms with Crippen molar-refractivity contribution in [2.24, 2.45) is 52.3 Å². The van der Waals surface area contributed by atoms with Crippen LogP contribution in [0.4, 0.5) is 0 Å². The van der Waals surface area contributed by atoms with Crippen LogP contribution in [0.25, 0.3) is 0 Å². The van der Waals surface area contributed by atoms with E-state index in [4.69, 9.17) is 13.7 Å².